The van der Waals surface area contributed by atoms with E-state index in [1.165, 1.54) is 19.5 Å². The van der Waals surface area contributed by atoms with Gasteiger partial charge in [0.25, 0.3) is 5.91 Å². The van der Waals surface area contributed by atoms with E-state index in [1.54, 1.807) is 30.3 Å². The number of carbonyl (C=O) groups excluding carboxylic acids is 2. The third-order valence-electron chi connectivity index (χ3n) is 3.08. The Bertz CT molecular complexity index is 881. The average Bonchev–Trinajstić information content (AvgIpc) is 2.54. The van der Waals surface area contributed by atoms with Crippen molar-refractivity contribution in [3.8, 4) is 0 Å². The number of halogens is 1. The summed E-state index contributed by atoms with van der Waals surface area (Å²) in [6.07, 6.45) is 2.95. The number of amides is 1. The zero-order valence-electron chi connectivity index (χ0n) is 12.8. The van der Waals surface area contributed by atoms with E-state index in [9.17, 15) is 13.8 Å². The van der Waals surface area contributed by atoms with Gasteiger partial charge in [-0.3, -0.25) is 19.3 Å². The Morgan fingerprint density at radius 2 is 2.08 bits per heavy atom. The standard InChI is InChI=1S/C16H15BrN2O4S/c1-23-15(20)7-11-4-3-5-14(6-11)24(2,22)19-16(21)12-8-13(17)10-18-9-12/h3-6,8-10H,2,7H2,1H3,(H,19,21,22). The molecular weight excluding hydrogens is 396 g/mol. The topological polar surface area (TPSA) is 85.4 Å². The van der Waals surface area contributed by atoms with Crippen LogP contribution in [-0.4, -0.2) is 34.0 Å². The number of esters is 1. The maximum atomic E-state index is 12.8. The molecule has 0 spiro atoms. The Labute approximate surface area is 148 Å². The number of nitrogens with zero attached hydrogens (tertiary/aromatic N) is 1. The highest BCUT2D eigenvalue weighted by molar-refractivity contribution is 9.10. The summed E-state index contributed by atoms with van der Waals surface area (Å²) in [5, 5.41) is 0. The van der Waals surface area contributed by atoms with E-state index in [0.29, 0.717) is 14.9 Å². The average molecular weight is 411 g/mol. The second kappa shape index (κ2) is 7.59. The summed E-state index contributed by atoms with van der Waals surface area (Å²) < 4.78 is 20.4. The number of benzene rings is 1. The molecule has 126 valence electrons. The van der Waals surface area contributed by atoms with Gasteiger partial charge >= 0.3 is 5.97 Å². The van der Waals surface area contributed by atoms with Gasteiger partial charge in [0, 0.05) is 21.8 Å². The Morgan fingerprint density at radius 3 is 2.75 bits per heavy atom. The molecule has 0 saturated heterocycles. The fourth-order valence-corrected chi connectivity index (χ4v) is 3.44. The summed E-state index contributed by atoms with van der Waals surface area (Å²) in [5.41, 5.74) is 0.876. The number of ether oxygens (including phenoxy) is 1. The van der Waals surface area contributed by atoms with Gasteiger partial charge < -0.3 is 4.74 Å². The minimum absolute atomic E-state index is 0.0450. The van der Waals surface area contributed by atoms with Crippen LogP contribution in [0.5, 0.6) is 0 Å². The Kier molecular flexibility index (Phi) is 5.74. The molecule has 1 amide bonds. The predicted octanol–water partition coefficient (Wildman–Crippen LogP) is 1.98. The lowest BCUT2D eigenvalue weighted by atomic mass is 10.1. The lowest BCUT2D eigenvalue weighted by Crippen LogP contribution is -2.30. The molecule has 6 nitrogen and oxygen atoms in total. The zero-order valence-corrected chi connectivity index (χ0v) is 15.2. The van der Waals surface area contributed by atoms with E-state index < -0.39 is 21.6 Å². The molecule has 1 aromatic heterocycles. The van der Waals surface area contributed by atoms with Gasteiger partial charge in [0.15, 0.2) is 0 Å². The van der Waals surface area contributed by atoms with E-state index in [0.717, 1.165) is 0 Å². The van der Waals surface area contributed by atoms with Gasteiger partial charge in [0.1, 0.15) is 0 Å². The molecule has 24 heavy (non-hydrogen) atoms. The molecule has 0 aliphatic rings. The lowest BCUT2D eigenvalue weighted by Gasteiger charge is -2.13. The molecule has 0 saturated carbocycles. The number of carbonyl (C=O) groups is 2. The minimum Gasteiger partial charge on any atom is -0.469 e. The fraction of sp³-hybridized carbons (Fsp3) is 0.125. The largest absolute Gasteiger partial charge is 0.469 e. The number of pyridine rings is 1. The third kappa shape index (κ3) is 4.65. The van der Waals surface area contributed by atoms with E-state index in [1.807, 2.05) is 0 Å². The molecule has 1 atom stereocenters. The summed E-state index contributed by atoms with van der Waals surface area (Å²) in [5.74, 6) is 2.65. The number of rotatable bonds is 5. The molecule has 1 aromatic carbocycles. The van der Waals surface area contributed by atoms with Crippen molar-refractivity contribution in [2.45, 2.75) is 11.3 Å². The van der Waals surface area contributed by atoms with Crippen LogP contribution in [-0.2, 0) is 25.7 Å². The molecular formula is C16H15BrN2O4S. The second-order valence-corrected chi connectivity index (χ2v) is 7.84. The van der Waals surface area contributed by atoms with Crippen molar-refractivity contribution in [2.75, 3.05) is 7.11 Å². The number of aromatic nitrogens is 1. The summed E-state index contributed by atoms with van der Waals surface area (Å²) in [4.78, 5) is 27.8. The van der Waals surface area contributed by atoms with Gasteiger partial charge in [-0.1, -0.05) is 12.1 Å². The number of hydrogen-bond acceptors (Lipinski definition) is 5. The monoisotopic (exact) mass is 410 g/mol. The fourth-order valence-electron chi connectivity index (χ4n) is 1.90. The molecule has 2 rings (SSSR count). The molecule has 0 aliphatic carbocycles. The molecule has 0 aliphatic heterocycles. The number of methoxy groups -OCH3 is 1. The van der Waals surface area contributed by atoms with Crippen LogP contribution in [0.4, 0.5) is 0 Å². The van der Waals surface area contributed by atoms with Crippen molar-refractivity contribution in [1.29, 1.82) is 0 Å². The van der Waals surface area contributed by atoms with E-state index >= 15 is 0 Å². The Hall–Kier alpha value is -2.19. The summed E-state index contributed by atoms with van der Waals surface area (Å²) in [7, 11) is -1.79. The third-order valence-corrected chi connectivity index (χ3v) is 5.04. The smallest absolute Gasteiger partial charge is 0.309 e. The van der Waals surface area contributed by atoms with Crippen molar-refractivity contribution in [3.63, 3.8) is 0 Å². The maximum absolute atomic E-state index is 12.8. The van der Waals surface area contributed by atoms with Crippen molar-refractivity contribution in [1.82, 2.24) is 9.71 Å². The highest BCUT2D eigenvalue weighted by Gasteiger charge is 2.15. The quantitative estimate of drug-likeness (QED) is 0.601. The van der Waals surface area contributed by atoms with E-state index in [-0.39, 0.29) is 12.0 Å². The molecule has 0 fully saturated rings. The normalized spacial score (nSPS) is 12.9. The maximum Gasteiger partial charge on any atom is 0.309 e. The zero-order chi connectivity index (χ0) is 17.7. The van der Waals surface area contributed by atoms with Crippen molar-refractivity contribution >= 4 is 43.4 Å². The van der Waals surface area contributed by atoms with Crippen molar-refractivity contribution in [2.24, 2.45) is 0 Å². The van der Waals surface area contributed by atoms with Crippen LogP contribution in [0.3, 0.4) is 0 Å². The molecule has 1 unspecified atom stereocenters. The molecule has 2 aromatic rings. The summed E-state index contributed by atoms with van der Waals surface area (Å²) in [6, 6.07) is 8.05. The van der Waals surface area contributed by atoms with Crippen molar-refractivity contribution in [3.05, 3.63) is 58.3 Å². The van der Waals surface area contributed by atoms with Crippen LogP contribution in [0, 0.1) is 0 Å². The van der Waals surface area contributed by atoms with Gasteiger partial charge in [-0.25, -0.2) is 4.21 Å². The minimum atomic E-state index is -3.08. The highest BCUT2D eigenvalue weighted by Crippen LogP contribution is 2.14. The van der Waals surface area contributed by atoms with Crippen LogP contribution < -0.4 is 4.72 Å². The molecule has 0 radical (unpaired) electrons. The van der Waals surface area contributed by atoms with Crippen molar-refractivity contribution < 1.29 is 18.5 Å². The van der Waals surface area contributed by atoms with E-state index in [4.69, 9.17) is 0 Å². The van der Waals surface area contributed by atoms with Crippen LogP contribution in [0.25, 0.3) is 0 Å². The van der Waals surface area contributed by atoms with Crippen LogP contribution >= 0.6 is 15.9 Å². The summed E-state index contributed by atoms with van der Waals surface area (Å²) in [6.45, 7) is 0. The van der Waals surface area contributed by atoms with Gasteiger partial charge in [-0.15, -0.1) is 0 Å². The van der Waals surface area contributed by atoms with Gasteiger partial charge in [0.2, 0.25) is 0 Å². The summed E-state index contributed by atoms with van der Waals surface area (Å²) >= 11 is 3.22. The molecule has 1 N–H and O–H groups in total. The second-order valence-electron chi connectivity index (χ2n) is 4.90. The number of nitrogens with one attached hydrogen (secondary N) is 1. The first-order chi connectivity index (χ1) is 11.3. The molecule has 1 heterocycles. The predicted molar refractivity (Wildman–Crippen MR) is 95.1 cm³/mol. The van der Waals surface area contributed by atoms with Gasteiger partial charge in [0.05, 0.1) is 28.8 Å². The van der Waals surface area contributed by atoms with Gasteiger partial charge in [-0.05, 0) is 45.6 Å². The first kappa shape index (κ1) is 18.2. The Balaban J connectivity index is 2.22. The first-order valence-corrected chi connectivity index (χ1v) is 9.29. The van der Waals surface area contributed by atoms with Gasteiger partial charge in [-0.2, -0.15) is 0 Å². The highest BCUT2D eigenvalue weighted by atomic mass is 79.9. The molecule has 0 bridgehead atoms. The number of hydrogen-bond donors (Lipinski definition) is 1. The SMILES string of the molecule is C=S(=O)(NC(=O)c1cncc(Br)c1)c1cccc(CC(=O)OC)c1. The van der Waals surface area contributed by atoms with Crippen LogP contribution in [0.15, 0.2) is 52.1 Å². The molecule has 8 heteroatoms. The lowest BCUT2D eigenvalue weighted by molar-refractivity contribution is -0.139. The first-order valence-electron chi connectivity index (χ1n) is 6.77. The Morgan fingerprint density at radius 1 is 1.33 bits per heavy atom. The van der Waals surface area contributed by atoms with Crippen LogP contribution in [0.1, 0.15) is 15.9 Å². The van der Waals surface area contributed by atoms with E-state index in [2.05, 4.69) is 36.2 Å². The van der Waals surface area contributed by atoms with Crippen LogP contribution in [0.2, 0.25) is 0 Å².